The highest BCUT2D eigenvalue weighted by atomic mass is 16.5. The largest absolute Gasteiger partial charge is 0.497 e. The van der Waals surface area contributed by atoms with E-state index in [-0.39, 0.29) is 5.97 Å². The summed E-state index contributed by atoms with van der Waals surface area (Å²) in [6.07, 6.45) is 2.24. The summed E-state index contributed by atoms with van der Waals surface area (Å²) < 4.78 is 10.5. The van der Waals surface area contributed by atoms with Gasteiger partial charge in [-0.05, 0) is 59.5 Å². The third-order valence-corrected chi connectivity index (χ3v) is 4.22. The fourth-order valence-electron chi connectivity index (χ4n) is 2.76. The second-order valence-electron chi connectivity index (χ2n) is 6.09. The summed E-state index contributed by atoms with van der Waals surface area (Å²) >= 11 is 0. The number of esters is 1. The molecule has 3 nitrogen and oxygen atoms in total. The first-order valence-electron chi connectivity index (χ1n) is 8.75. The van der Waals surface area contributed by atoms with Gasteiger partial charge in [-0.25, -0.2) is 4.79 Å². The zero-order valence-electron chi connectivity index (χ0n) is 15.1. The van der Waals surface area contributed by atoms with E-state index in [2.05, 4.69) is 31.2 Å². The van der Waals surface area contributed by atoms with E-state index >= 15 is 0 Å². The van der Waals surface area contributed by atoms with Gasteiger partial charge >= 0.3 is 5.97 Å². The Balaban J connectivity index is 1.68. The zero-order valence-corrected chi connectivity index (χ0v) is 15.1. The van der Waals surface area contributed by atoms with Gasteiger partial charge in [0.15, 0.2) is 0 Å². The molecule has 0 aromatic heterocycles. The lowest BCUT2D eigenvalue weighted by Gasteiger charge is -2.07. The predicted molar refractivity (Wildman–Crippen MR) is 104 cm³/mol. The van der Waals surface area contributed by atoms with Crippen LogP contribution in [0.4, 0.5) is 0 Å². The van der Waals surface area contributed by atoms with Crippen LogP contribution in [0.15, 0.2) is 72.8 Å². The van der Waals surface area contributed by atoms with E-state index in [4.69, 9.17) is 9.47 Å². The first-order valence-corrected chi connectivity index (χ1v) is 8.75. The molecule has 3 rings (SSSR count). The normalized spacial score (nSPS) is 10.4. The van der Waals surface area contributed by atoms with E-state index < -0.39 is 0 Å². The third kappa shape index (κ3) is 4.31. The van der Waals surface area contributed by atoms with E-state index in [9.17, 15) is 4.79 Å². The quantitative estimate of drug-likeness (QED) is 0.434. The zero-order chi connectivity index (χ0) is 18.4. The van der Waals surface area contributed by atoms with Gasteiger partial charge in [-0.15, -0.1) is 0 Å². The van der Waals surface area contributed by atoms with Gasteiger partial charge in [-0.3, -0.25) is 0 Å². The highest BCUT2D eigenvalue weighted by molar-refractivity contribution is 5.91. The summed E-state index contributed by atoms with van der Waals surface area (Å²) in [5.41, 5.74) is 4.08. The molecule has 0 aliphatic heterocycles. The molecule has 3 aromatic carbocycles. The SMILES string of the molecule is CCCc1ccc(-c2ccc(C(=O)Oc3ccc(OC)cc3)cc2)cc1. The molecular formula is C23H22O3. The van der Waals surface area contributed by atoms with Crippen molar-refractivity contribution in [3.63, 3.8) is 0 Å². The molecule has 0 atom stereocenters. The lowest BCUT2D eigenvalue weighted by molar-refractivity contribution is 0.0734. The van der Waals surface area contributed by atoms with Crippen molar-refractivity contribution < 1.29 is 14.3 Å². The minimum atomic E-state index is -0.375. The molecule has 0 heterocycles. The number of hydrogen-bond donors (Lipinski definition) is 0. The number of ether oxygens (including phenoxy) is 2. The molecule has 0 saturated carbocycles. The minimum absolute atomic E-state index is 0.375. The van der Waals surface area contributed by atoms with E-state index in [1.54, 1.807) is 43.5 Å². The van der Waals surface area contributed by atoms with Crippen molar-refractivity contribution in [2.45, 2.75) is 19.8 Å². The molecular weight excluding hydrogens is 324 g/mol. The van der Waals surface area contributed by atoms with Gasteiger partial charge in [0.25, 0.3) is 0 Å². The lowest BCUT2D eigenvalue weighted by Crippen LogP contribution is -2.08. The molecule has 0 N–H and O–H groups in total. The molecule has 0 aliphatic carbocycles. The molecule has 0 aliphatic rings. The molecule has 3 heteroatoms. The second-order valence-corrected chi connectivity index (χ2v) is 6.09. The number of carbonyl (C=O) groups excluding carboxylic acids is 1. The monoisotopic (exact) mass is 346 g/mol. The molecule has 0 bridgehead atoms. The van der Waals surface area contributed by atoms with E-state index in [0.717, 1.165) is 29.7 Å². The molecule has 0 unspecified atom stereocenters. The van der Waals surface area contributed by atoms with Crippen LogP contribution in [0.25, 0.3) is 11.1 Å². The van der Waals surface area contributed by atoms with Gasteiger partial charge in [0, 0.05) is 0 Å². The predicted octanol–water partition coefficient (Wildman–Crippen LogP) is 5.53. The number of benzene rings is 3. The van der Waals surface area contributed by atoms with Crippen LogP contribution in [0.5, 0.6) is 11.5 Å². The van der Waals surface area contributed by atoms with Crippen LogP contribution in [-0.2, 0) is 6.42 Å². The molecule has 132 valence electrons. The first-order chi connectivity index (χ1) is 12.7. The number of aryl methyl sites for hydroxylation is 1. The Morgan fingerprint density at radius 2 is 1.31 bits per heavy atom. The number of methoxy groups -OCH3 is 1. The summed E-state index contributed by atoms with van der Waals surface area (Å²) in [5.74, 6) is 0.838. The third-order valence-electron chi connectivity index (χ3n) is 4.22. The van der Waals surface area contributed by atoms with Crippen molar-refractivity contribution in [2.75, 3.05) is 7.11 Å². The standard InChI is InChI=1S/C23H22O3/c1-3-4-17-5-7-18(8-6-17)19-9-11-20(12-10-19)23(24)26-22-15-13-21(25-2)14-16-22/h5-16H,3-4H2,1-2H3. The van der Waals surface area contributed by atoms with Crippen molar-refractivity contribution in [1.29, 1.82) is 0 Å². The fraction of sp³-hybridized carbons (Fsp3) is 0.174. The van der Waals surface area contributed by atoms with Gasteiger partial charge in [-0.1, -0.05) is 49.7 Å². The maximum Gasteiger partial charge on any atom is 0.343 e. The van der Waals surface area contributed by atoms with E-state index in [1.165, 1.54) is 5.56 Å². The summed E-state index contributed by atoms with van der Waals surface area (Å²) in [6, 6.07) is 23.0. The number of carbonyl (C=O) groups is 1. The van der Waals surface area contributed by atoms with Gasteiger partial charge < -0.3 is 9.47 Å². The molecule has 26 heavy (non-hydrogen) atoms. The van der Waals surface area contributed by atoms with Crippen LogP contribution in [0.1, 0.15) is 29.3 Å². The van der Waals surface area contributed by atoms with Gasteiger partial charge in [-0.2, -0.15) is 0 Å². The number of hydrogen-bond acceptors (Lipinski definition) is 3. The Hall–Kier alpha value is -3.07. The van der Waals surface area contributed by atoms with Crippen molar-refractivity contribution in [1.82, 2.24) is 0 Å². The average molecular weight is 346 g/mol. The molecule has 0 radical (unpaired) electrons. The minimum Gasteiger partial charge on any atom is -0.497 e. The average Bonchev–Trinajstić information content (AvgIpc) is 2.69. The molecule has 0 spiro atoms. The van der Waals surface area contributed by atoms with Crippen molar-refractivity contribution in [2.24, 2.45) is 0 Å². The molecule has 0 amide bonds. The Labute approximate surface area is 154 Å². The van der Waals surface area contributed by atoms with Gasteiger partial charge in [0.05, 0.1) is 12.7 Å². The Morgan fingerprint density at radius 1 is 0.769 bits per heavy atom. The van der Waals surface area contributed by atoms with Crippen molar-refractivity contribution in [3.8, 4) is 22.6 Å². The van der Waals surface area contributed by atoms with E-state index in [0.29, 0.717) is 11.3 Å². The van der Waals surface area contributed by atoms with Crippen LogP contribution >= 0.6 is 0 Å². The van der Waals surface area contributed by atoms with Crippen molar-refractivity contribution >= 4 is 5.97 Å². The Bertz CT molecular complexity index is 847. The molecule has 3 aromatic rings. The highest BCUT2D eigenvalue weighted by Crippen LogP contribution is 2.22. The summed E-state index contributed by atoms with van der Waals surface area (Å²) in [6.45, 7) is 2.18. The van der Waals surface area contributed by atoms with Crippen LogP contribution in [0, 0.1) is 0 Å². The fourth-order valence-corrected chi connectivity index (χ4v) is 2.76. The maximum atomic E-state index is 12.3. The van der Waals surface area contributed by atoms with Gasteiger partial charge in [0.2, 0.25) is 0 Å². The second kappa shape index (κ2) is 8.34. The molecule has 0 saturated heterocycles. The Morgan fingerprint density at radius 3 is 1.85 bits per heavy atom. The summed E-state index contributed by atoms with van der Waals surface area (Å²) in [5, 5.41) is 0. The first kappa shape index (κ1) is 17.7. The summed E-state index contributed by atoms with van der Waals surface area (Å²) in [4.78, 5) is 12.3. The van der Waals surface area contributed by atoms with Crippen molar-refractivity contribution in [3.05, 3.63) is 83.9 Å². The topological polar surface area (TPSA) is 35.5 Å². The highest BCUT2D eigenvalue weighted by Gasteiger charge is 2.09. The number of rotatable bonds is 6. The van der Waals surface area contributed by atoms with Crippen LogP contribution in [0.3, 0.4) is 0 Å². The van der Waals surface area contributed by atoms with Crippen LogP contribution in [-0.4, -0.2) is 13.1 Å². The van der Waals surface area contributed by atoms with E-state index in [1.807, 2.05) is 12.1 Å². The summed E-state index contributed by atoms with van der Waals surface area (Å²) in [7, 11) is 1.60. The molecule has 0 fully saturated rings. The maximum absolute atomic E-state index is 12.3. The smallest absolute Gasteiger partial charge is 0.343 e. The van der Waals surface area contributed by atoms with Gasteiger partial charge in [0.1, 0.15) is 11.5 Å². The van der Waals surface area contributed by atoms with Crippen LogP contribution < -0.4 is 9.47 Å². The Kier molecular flexibility index (Phi) is 5.69. The lowest BCUT2D eigenvalue weighted by atomic mass is 10.0. The van der Waals surface area contributed by atoms with Crippen LogP contribution in [0.2, 0.25) is 0 Å².